The van der Waals surface area contributed by atoms with E-state index in [1.165, 1.54) is 51.7 Å². The van der Waals surface area contributed by atoms with E-state index in [2.05, 4.69) is 10.2 Å². The van der Waals surface area contributed by atoms with E-state index >= 15 is 0 Å². The Labute approximate surface area is 118 Å². The summed E-state index contributed by atoms with van der Waals surface area (Å²) >= 11 is 0. The maximum absolute atomic E-state index is 11.5. The third kappa shape index (κ3) is 9.00. The fraction of sp³-hybridized carbons (Fsp3) is 0.933. The highest BCUT2D eigenvalue weighted by molar-refractivity contribution is 5.75. The number of rotatable bonds is 9. The fourth-order valence-corrected chi connectivity index (χ4v) is 2.46. The number of likely N-dealkylation sites (tertiary alicyclic amines) is 1. The lowest BCUT2D eigenvalue weighted by Crippen LogP contribution is -2.31. The van der Waals surface area contributed by atoms with Crippen LogP contribution in [0.2, 0.25) is 0 Å². The van der Waals surface area contributed by atoms with Crippen molar-refractivity contribution >= 4 is 5.91 Å². The smallest absolute Gasteiger partial charge is 0.221 e. The molecule has 1 amide bonds. The van der Waals surface area contributed by atoms with E-state index in [1.54, 1.807) is 0 Å². The van der Waals surface area contributed by atoms with Crippen LogP contribution in [0.3, 0.4) is 0 Å². The molecule has 4 heteroatoms. The summed E-state index contributed by atoms with van der Waals surface area (Å²) in [4.78, 5) is 16.1. The molecule has 0 atom stereocenters. The molecule has 0 aromatic carbocycles. The average Bonchev–Trinajstić information content (AvgIpc) is 2.41. The van der Waals surface area contributed by atoms with Crippen LogP contribution in [0, 0.1) is 0 Å². The van der Waals surface area contributed by atoms with E-state index in [1.807, 2.05) is 19.0 Å². The van der Waals surface area contributed by atoms with E-state index in [0.717, 1.165) is 19.5 Å². The fourth-order valence-electron chi connectivity index (χ4n) is 2.46. The maximum atomic E-state index is 11.5. The Hall–Kier alpha value is -0.610. The summed E-state index contributed by atoms with van der Waals surface area (Å²) in [5.41, 5.74) is 0. The summed E-state index contributed by atoms with van der Waals surface area (Å²) in [6.07, 6.45) is 8.39. The number of nitrogens with one attached hydrogen (secondary N) is 1. The molecule has 1 fully saturated rings. The Morgan fingerprint density at radius 1 is 1.11 bits per heavy atom. The highest BCUT2D eigenvalue weighted by atomic mass is 16.1. The summed E-state index contributed by atoms with van der Waals surface area (Å²) in [6.45, 7) is 5.50. The molecule has 1 aliphatic heterocycles. The van der Waals surface area contributed by atoms with E-state index in [9.17, 15) is 4.79 Å². The highest BCUT2D eigenvalue weighted by Gasteiger charge is 2.08. The molecule has 0 radical (unpaired) electrons. The number of piperidine rings is 1. The van der Waals surface area contributed by atoms with Crippen LogP contribution in [0.15, 0.2) is 0 Å². The van der Waals surface area contributed by atoms with Crippen molar-refractivity contribution in [2.75, 3.05) is 46.8 Å². The third-order valence-electron chi connectivity index (χ3n) is 3.71. The minimum atomic E-state index is 0.185. The Morgan fingerprint density at radius 2 is 1.84 bits per heavy atom. The van der Waals surface area contributed by atoms with E-state index in [0.29, 0.717) is 6.42 Å². The lowest BCUT2D eigenvalue weighted by Gasteiger charge is -2.26. The average molecular weight is 269 g/mol. The van der Waals surface area contributed by atoms with Crippen LogP contribution in [-0.2, 0) is 4.79 Å². The maximum Gasteiger partial charge on any atom is 0.221 e. The van der Waals surface area contributed by atoms with Crippen molar-refractivity contribution in [2.24, 2.45) is 0 Å². The third-order valence-corrected chi connectivity index (χ3v) is 3.71. The van der Waals surface area contributed by atoms with Gasteiger partial charge in [0.15, 0.2) is 0 Å². The van der Waals surface area contributed by atoms with Gasteiger partial charge in [-0.1, -0.05) is 12.8 Å². The van der Waals surface area contributed by atoms with Gasteiger partial charge in [-0.3, -0.25) is 4.79 Å². The number of carbonyl (C=O) groups is 1. The van der Waals surface area contributed by atoms with Gasteiger partial charge in [0.05, 0.1) is 0 Å². The van der Waals surface area contributed by atoms with Gasteiger partial charge in [0.1, 0.15) is 0 Å². The van der Waals surface area contributed by atoms with E-state index < -0.39 is 0 Å². The second kappa shape index (κ2) is 10.2. The van der Waals surface area contributed by atoms with Crippen molar-refractivity contribution in [3.05, 3.63) is 0 Å². The number of amides is 1. The molecule has 0 saturated carbocycles. The molecular formula is C15H31N3O. The molecule has 4 nitrogen and oxygen atoms in total. The van der Waals surface area contributed by atoms with Crippen LogP contribution < -0.4 is 5.32 Å². The van der Waals surface area contributed by atoms with Crippen LogP contribution >= 0.6 is 0 Å². The molecule has 1 rings (SSSR count). The first-order valence-corrected chi connectivity index (χ1v) is 7.82. The van der Waals surface area contributed by atoms with Crippen molar-refractivity contribution in [1.29, 1.82) is 0 Å². The predicted molar refractivity (Wildman–Crippen MR) is 80.3 cm³/mol. The molecule has 0 aliphatic carbocycles. The van der Waals surface area contributed by atoms with Gasteiger partial charge in [0.2, 0.25) is 5.91 Å². The van der Waals surface area contributed by atoms with Gasteiger partial charge in [0, 0.05) is 19.5 Å². The Bertz CT molecular complexity index is 238. The van der Waals surface area contributed by atoms with Gasteiger partial charge < -0.3 is 15.1 Å². The monoisotopic (exact) mass is 269 g/mol. The van der Waals surface area contributed by atoms with Gasteiger partial charge in [-0.25, -0.2) is 0 Å². The molecule has 1 saturated heterocycles. The molecule has 0 unspecified atom stereocenters. The van der Waals surface area contributed by atoms with Gasteiger partial charge >= 0.3 is 0 Å². The molecular weight excluding hydrogens is 238 g/mol. The Kier molecular flexibility index (Phi) is 8.84. The van der Waals surface area contributed by atoms with Crippen LogP contribution in [0.5, 0.6) is 0 Å². The Morgan fingerprint density at radius 3 is 2.53 bits per heavy atom. The first kappa shape index (κ1) is 16.4. The van der Waals surface area contributed by atoms with E-state index in [4.69, 9.17) is 0 Å². The van der Waals surface area contributed by atoms with Crippen LogP contribution in [0.25, 0.3) is 0 Å². The zero-order chi connectivity index (χ0) is 13.9. The van der Waals surface area contributed by atoms with Crippen molar-refractivity contribution in [3.8, 4) is 0 Å². The topological polar surface area (TPSA) is 35.6 Å². The second-order valence-corrected chi connectivity index (χ2v) is 5.87. The number of hydrogen-bond acceptors (Lipinski definition) is 3. The molecule has 0 aromatic rings. The van der Waals surface area contributed by atoms with Crippen LogP contribution in [0.4, 0.5) is 0 Å². The molecule has 1 heterocycles. The number of carbonyl (C=O) groups excluding carboxylic acids is 1. The molecule has 1 N–H and O–H groups in total. The van der Waals surface area contributed by atoms with Crippen molar-refractivity contribution in [1.82, 2.24) is 15.1 Å². The first-order valence-electron chi connectivity index (χ1n) is 7.82. The number of hydrogen-bond donors (Lipinski definition) is 1. The molecule has 1 aliphatic rings. The zero-order valence-electron chi connectivity index (χ0n) is 12.8. The summed E-state index contributed by atoms with van der Waals surface area (Å²) in [5.74, 6) is 0.185. The van der Waals surface area contributed by atoms with Gasteiger partial charge in [-0.2, -0.15) is 0 Å². The molecule has 0 aromatic heterocycles. The molecule has 19 heavy (non-hydrogen) atoms. The van der Waals surface area contributed by atoms with E-state index in [-0.39, 0.29) is 5.91 Å². The van der Waals surface area contributed by atoms with Gasteiger partial charge in [0.25, 0.3) is 0 Å². The predicted octanol–water partition coefficient (Wildman–Crippen LogP) is 1.71. The SMILES string of the molecule is CN(C)CCC(=O)NCCCCCN1CCCCC1. The summed E-state index contributed by atoms with van der Waals surface area (Å²) in [6, 6.07) is 0. The number of nitrogens with zero attached hydrogens (tertiary/aromatic N) is 2. The zero-order valence-corrected chi connectivity index (χ0v) is 12.8. The van der Waals surface area contributed by atoms with Crippen LogP contribution in [0.1, 0.15) is 44.9 Å². The quantitative estimate of drug-likeness (QED) is 0.647. The highest BCUT2D eigenvalue weighted by Crippen LogP contribution is 2.09. The van der Waals surface area contributed by atoms with Gasteiger partial charge in [-0.05, 0) is 59.4 Å². The first-order chi connectivity index (χ1) is 9.18. The number of unbranched alkanes of at least 4 members (excludes halogenated alkanes) is 2. The Balaban J connectivity index is 1.86. The lowest BCUT2D eigenvalue weighted by atomic mass is 10.1. The minimum Gasteiger partial charge on any atom is -0.356 e. The van der Waals surface area contributed by atoms with Crippen LogP contribution in [-0.4, -0.2) is 62.5 Å². The molecule has 0 bridgehead atoms. The second-order valence-electron chi connectivity index (χ2n) is 5.87. The molecule has 0 spiro atoms. The summed E-state index contributed by atoms with van der Waals surface area (Å²) in [5, 5.41) is 3.00. The standard InChI is InChI=1S/C15H31N3O/c1-17(2)14-9-15(19)16-10-5-3-6-11-18-12-7-4-8-13-18/h3-14H2,1-2H3,(H,16,19). The van der Waals surface area contributed by atoms with Crippen molar-refractivity contribution in [2.45, 2.75) is 44.9 Å². The van der Waals surface area contributed by atoms with Crippen molar-refractivity contribution in [3.63, 3.8) is 0 Å². The summed E-state index contributed by atoms with van der Waals surface area (Å²) < 4.78 is 0. The summed E-state index contributed by atoms with van der Waals surface area (Å²) in [7, 11) is 3.99. The largest absolute Gasteiger partial charge is 0.356 e. The molecule has 112 valence electrons. The normalized spacial score (nSPS) is 16.8. The van der Waals surface area contributed by atoms with Crippen molar-refractivity contribution < 1.29 is 4.79 Å². The minimum absolute atomic E-state index is 0.185. The lowest BCUT2D eigenvalue weighted by molar-refractivity contribution is -0.121. The van der Waals surface area contributed by atoms with Gasteiger partial charge in [-0.15, -0.1) is 0 Å².